The van der Waals surface area contributed by atoms with Gasteiger partial charge in [0.1, 0.15) is 5.52 Å². The zero-order valence-corrected chi connectivity index (χ0v) is 9.72. The van der Waals surface area contributed by atoms with Crippen LogP contribution >= 0.6 is 0 Å². The van der Waals surface area contributed by atoms with Gasteiger partial charge >= 0.3 is 5.97 Å². The van der Waals surface area contributed by atoms with Gasteiger partial charge in [0.05, 0.1) is 17.6 Å². The highest BCUT2D eigenvalue weighted by Crippen LogP contribution is 2.14. The van der Waals surface area contributed by atoms with Crippen LogP contribution in [0.3, 0.4) is 0 Å². The summed E-state index contributed by atoms with van der Waals surface area (Å²) in [6.45, 7) is 0.533. The number of nitrogens with zero attached hydrogens (tertiary/aromatic N) is 5. The normalized spacial score (nSPS) is 10.9. The molecule has 19 heavy (non-hydrogen) atoms. The van der Waals surface area contributed by atoms with Gasteiger partial charge in [-0.25, -0.2) is 9.48 Å². The number of benzene rings is 1. The Hall–Kier alpha value is -2.77. The van der Waals surface area contributed by atoms with E-state index in [0.717, 1.165) is 5.52 Å². The molecule has 96 valence electrons. The molecule has 8 heteroatoms. The lowest BCUT2D eigenvalue weighted by atomic mass is 10.2. The van der Waals surface area contributed by atoms with Crippen LogP contribution in [0.25, 0.3) is 11.0 Å². The van der Waals surface area contributed by atoms with Crippen LogP contribution in [-0.4, -0.2) is 36.2 Å². The average Bonchev–Trinajstić information content (AvgIpc) is 3.05. The van der Waals surface area contributed by atoms with Crippen molar-refractivity contribution in [2.45, 2.75) is 13.0 Å². The molecule has 0 atom stereocenters. The molecule has 1 N–H and O–H groups in total. The lowest BCUT2D eigenvalue weighted by Crippen LogP contribution is -2.03. The van der Waals surface area contributed by atoms with Crippen LogP contribution in [-0.2, 0) is 13.0 Å². The zero-order chi connectivity index (χ0) is 13.2. The minimum atomic E-state index is -0.984. The van der Waals surface area contributed by atoms with Crippen molar-refractivity contribution in [1.82, 2.24) is 25.1 Å². The molecule has 0 bridgehead atoms. The Balaban J connectivity index is 1.86. The Morgan fingerprint density at radius 3 is 3.05 bits per heavy atom. The molecule has 0 aliphatic heterocycles. The molecule has 0 amide bonds. The van der Waals surface area contributed by atoms with Gasteiger partial charge in [-0.05, 0) is 18.2 Å². The predicted molar refractivity (Wildman–Crippen MR) is 62.5 cm³/mol. The van der Waals surface area contributed by atoms with Crippen LogP contribution in [0.1, 0.15) is 16.2 Å². The number of hydrogen-bond donors (Lipinski definition) is 1. The van der Waals surface area contributed by atoms with E-state index in [4.69, 9.17) is 9.63 Å². The Morgan fingerprint density at radius 2 is 2.32 bits per heavy atom. The van der Waals surface area contributed by atoms with Crippen LogP contribution in [0.5, 0.6) is 0 Å². The maximum atomic E-state index is 10.8. The SMILES string of the molecule is O=C(O)c1ccc2c(c1)nnn2CCc1ncno1. The lowest BCUT2D eigenvalue weighted by Gasteiger charge is -1.99. The highest BCUT2D eigenvalue weighted by Gasteiger charge is 2.09. The summed E-state index contributed by atoms with van der Waals surface area (Å²) in [5, 5.41) is 20.3. The van der Waals surface area contributed by atoms with Crippen LogP contribution in [0.15, 0.2) is 29.0 Å². The number of fused-ring (bicyclic) bond motifs is 1. The highest BCUT2D eigenvalue weighted by molar-refractivity contribution is 5.92. The first kappa shape index (κ1) is 11.3. The van der Waals surface area contributed by atoms with Crippen LogP contribution in [0, 0.1) is 0 Å². The van der Waals surface area contributed by atoms with E-state index in [9.17, 15) is 4.79 Å². The molecule has 0 saturated carbocycles. The van der Waals surface area contributed by atoms with Gasteiger partial charge in [0, 0.05) is 6.42 Å². The topological polar surface area (TPSA) is 107 Å². The smallest absolute Gasteiger partial charge is 0.335 e. The molecule has 0 aliphatic rings. The molecule has 2 aromatic heterocycles. The Labute approximate surface area is 106 Å². The zero-order valence-electron chi connectivity index (χ0n) is 9.72. The minimum Gasteiger partial charge on any atom is -0.478 e. The fourth-order valence-electron chi connectivity index (χ4n) is 1.78. The van der Waals surface area contributed by atoms with E-state index in [1.165, 1.54) is 18.5 Å². The van der Waals surface area contributed by atoms with E-state index in [0.29, 0.717) is 24.4 Å². The largest absolute Gasteiger partial charge is 0.478 e. The third-order valence-corrected chi connectivity index (χ3v) is 2.71. The van der Waals surface area contributed by atoms with E-state index in [2.05, 4.69) is 20.5 Å². The number of aromatic carboxylic acids is 1. The maximum Gasteiger partial charge on any atom is 0.335 e. The summed E-state index contributed by atoms with van der Waals surface area (Å²) in [5.74, 6) is -0.465. The van der Waals surface area contributed by atoms with Crippen molar-refractivity contribution in [2.75, 3.05) is 0 Å². The molecule has 1 aromatic carbocycles. The van der Waals surface area contributed by atoms with Gasteiger partial charge in [-0.1, -0.05) is 10.4 Å². The molecule has 0 radical (unpaired) electrons. The van der Waals surface area contributed by atoms with Gasteiger partial charge in [-0.3, -0.25) is 0 Å². The van der Waals surface area contributed by atoms with Gasteiger partial charge < -0.3 is 9.63 Å². The van der Waals surface area contributed by atoms with Crippen molar-refractivity contribution < 1.29 is 14.4 Å². The highest BCUT2D eigenvalue weighted by atomic mass is 16.5. The summed E-state index contributed by atoms with van der Waals surface area (Å²) in [6, 6.07) is 4.71. The van der Waals surface area contributed by atoms with Gasteiger partial charge in [-0.15, -0.1) is 5.10 Å². The number of aromatic nitrogens is 5. The Bertz CT molecular complexity index is 719. The van der Waals surface area contributed by atoms with Crippen molar-refractivity contribution in [2.24, 2.45) is 0 Å². The van der Waals surface area contributed by atoms with Gasteiger partial charge in [-0.2, -0.15) is 4.98 Å². The van der Waals surface area contributed by atoms with E-state index >= 15 is 0 Å². The molecule has 2 heterocycles. The molecule has 0 saturated heterocycles. The second-order valence-corrected chi connectivity index (χ2v) is 3.91. The van der Waals surface area contributed by atoms with E-state index in [1.54, 1.807) is 10.7 Å². The standard InChI is InChI=1S/C11H9N5O3/c17-11(18)7-1-2-9-8(5-7)14-15-16(9)4-3-10-12-6-13-19-10/h1-2,5-6H,3-4H2,(H,17,18). The molecular weight excluding hydrogens is 250 g/mol. The first-order valence-corrected chi connectivity index (χ1v) is 5.56. The first-order valence-electron chi connectivity index (χ1n) is 5.56. The molecule has 3 aromatic rings. The van der Waals surface area contributed by atoms with Gasteiger partial charge in [0.2, 0.25) is 5.89 Å². The lowest BCUT2D eigenvalue weighted by molar-refractivity contribution is 0.0697. The number of carboxylic acids is 1. The molecular formula is C11H9N5O3. The quantitative estimate of drug-likeness (QED) is 0.736. The summed E-state index contributed by atoms with van der Waals surface area (Å²) in [5.41, 5.74) is 1.51. The van der Waals surface area contributed by atoms with Crippen molar-refractivity contribution in [3.05, 3.63) is 36.0 Å². The summed E-state index contributed by atoms with van der Waals surface area (Å²) >= 11 is 0. The number of aryl methyl sites for hydroxylation is 2. The van der Waals surface area contributed by atoms with Crippen molar-refractivity contribution in [3.8, 4) is 0 Å². The molecule has 8 nitrogen and oxygen atoms in total. The van der Waals surface area contributed by atoms with Gasteiger partial charge in [0.15, 0.2) is 6.33 Å². The third kappa shape index (κ3) is 2.15. The number of carboxylic acid groups (broad SMARTS) is 1. The van der Waals surface area contributed by atoms with E-state index in [-0.39, 0.29) is 5.56 Å². The third-order valence-electron chi connectivity index (χ3n) is 2.71. The predicted octanol–water partition coefficient (Wildman–Crippen LogP) is 0.755. The number of hydrogen-bond acceptors (Lipinski definition) is 6. The Kier molecular flexibility index (Phi) is 2.67. The van der Waals surface area contributed by atoms with Crippen molar-refractivity contribution in [3.63, 3.8) is 0 Å². The van der Waals surface area contributed by atoms with Crippen LogP contribution in [0.4, 0.5) is 0 Å². The average molecular weight is 259 g/mol. The molecule has 0 aliphatic carbocycles. The summed E-state index contributed by atoms with van der Waals surface area (Å²) < 4.78 is 6.57. The first-order chi connectivity index (χ1) is 9.24. The van der Waals surface area contributed by atoms with Crippen LogP contribution < -0.4 is 0 Å². The fraction of sp³-hybridized carbons (Fsp3) is 0.182. The molecule has 0 spiro atoms. The fourth-order valence-corrected chi connectivity index (χ4v) is 1.78. The number of rotatable bonds is 4. The van der Waals surface area contributed by atoms with Crippen LogP contribution in [0.2, 0.25) is 0 Å². The summed E-state index contributed by atoms with van der Waals surface area (Å²) in [4.78, 5) is 14.8. The maximum absolute atomic E-state index is 10.8. The van der Waals surface area contributed by atoms with Crippen molar-refractivity contribution in [1.29, 1.82) is 0 Å². The summed E-state index contributed by atoms with van der Waals surface area (Å²) in [6.07, 6.45) is 1.88. The monoisotopic (exact) mass is 259 g/mol. The number of carbonyl (C=O) groups is 1. The molecule has 3 rings (SSSR count). The summed E-state index contributed by atoms with van der Waals surface area (Å²) in [7, 11) is 0. The molecule has 0 fully saturated rings. The molecule has 0 unspecified atom stereocenters. The van der Waals surface area contributed by atoms with E-state index in [1.807, 2.05) is 0 Å². The van der Waals surface area contributed by atoms with Crippen molar-refractivity contribution >= 4 is 17.0 Å². The van der Waals surface area contributed by atoms with E-state index < -0.39 is 5.97 Å². The second kappa shape index (κ2) is 4.48. The Morgan fingerprint density at radius 1 is 1.42 bits per heavy atom. The second-order valence-electron chi connectivity index (χ2n) is 3.91. The minimum absolute atomic E-state index is 0.191. The van der Waals surface area contributed by atoms with Gasteiger partial charge in [0.25, 0.3) is 0 Å².